The van der Waals surface area contributed by atoms with E-state index in [4.69, 9.17) is 9.72 Å². The van der Waals surface area contributed by atoms with E-state index < -0.39 is 0 Å². The van der Waals surface area contributed by atoms with Crippen molar-refractivity contribution >= 4 is 23.1 Å². The largest absolute Gasteiger partial charge is 0.497 e. The van der Waals surface area contributed by atoms with E-state index in [1.807, 2.05) is 30.3 Å². The standard InChI is InChI=1S/C23H22N4OS2/c1-4-12-27-21(18-6-5-7-20(13-18)28-3)25-26-23(27)30-15-19-14-29-22(24-19)17-10-8-16(2)9-11-17/h4-11,13-14H,1,12,15H2,2-3H3. The summed E-state index contributed by atoms with van der Waals surface area (Å²) in [6.07, 6.45) is 1.86. The molecule has 7 heteroatoms. The van der Waals surface area contributed by atoms with Crippen LogP contribution in [0.1, 0.15) is 11.3 Å². The lowest BCUT2D eigenvalue weighted by molar-refractivity contribution is 0.415. The Morgan fingerprint density at radius 2 is 1.97 bits per heavy atom. The molecule has 4 aromatic rings. The molecule has 0 saturated heterocycles. The number of aryl methyl sites for hydroxylation is 1. The Kier molecular flexibility index (Phi) is 6.30. The molecule has 2 aromatic carbocycles. The number of allylic oxidation sites excluding steroid dienone is 1. The summed E-state index contributed by atoms with van der Waals surface area (Å²) in [5.41, 5.74) is 4.40. The van der Waals surface area contributed by atoms with Crippen molar-refractivity contribution in [2.45, 2.75) is 24.4 Å². The molecule has 0 fully saturated rings. The summed E-state index contributed by atoms with van der Waals surface area (Å²) < 4.78 is 7.41. The predicted molar refractivity (Wildman–Crippen MR) is 124 cm³/mol. The third-order valence-corrected chi connectivity index (χ3v) is 6.50. The van der Waals surface area contributed by atoms with E-state index in [-0.39, 0.29) is 0 Å². The van der Waals surface area contributed by atoms with Gasteiger partial charge in [0.25, 0.3) is 0 Å². The van der Waals surface area contributed by atoms with Crippen LogP contribution in [0, 0.1) is 6.92 Å². The van der Waals surface area contributed by atoms with Gasteiger partial charge in [-0.15, -0.1) is 28.1 Å². The number of thioether (sulfide) groups is 1. The maximum absolute atomic E-state index is 5.34. The normalized spacial score (nSPS) is 10.9. The molecule has 0 N–H and O–H groups in total. The van der Waals surface area contributed by atoms with Crippen LogP contribution in [0.4, 0.5) is 0 Å². The summed E-state index contributed by atoms with van der Waals surface area (Å²) in [6, 6.07) is 16.3. The summed E-state index contributed by atoms with van der Waals surface area (Å²) in [5, 5.41) is 12.8. The minimum Gasteiger partial charge on any atom is -0.497 e. The van der Waals surface area contributed by atoms with E-state index in [0.717, 1.165) is 44.3 Å². The van der Waals surface area contributed by atoms with Crippen LogP contribution in [0.25, 0.3) is 22.0 Å². The summed E-state index contributed by atoms with van der Waals surface area (Å²) in [5.74, 6) is 2.33. The Hall–Kier alpha value is -2.90. The minimum absolute atomic E-state index is 0.632. The van der Waals surface area contributed by atoms with Crippen molar-refractivity contribution in [1.29, 1.82) is 0 Å². The number of ether oxygens (including phenoxy) is 1. The first-order valence-electron chi connectivity index (χ1n) is 9.50. The molecule has 152 valence electrons. The molecule has 0 bridgehead atoms. The lowest BCUT2D eigenvalue weighted by atomic mass is 10.2. The van der Waals surface area contributed by atoms with Crippen LogP contribution in [-0.4, -0.2) is 26.9 Å². The summed E-state index contributed by atoms with van der Waals surface area (Å²) >= 11 is 3.30. The van der Waals surface area contributed by atoms with Crippen LogP contribution >= 0.6 is 23.1 Å². The highest BCUT2D eigenvalue weighted by Gasteiger charge is 2.15. The second-order valence-corrected chi connectivity index (χ2v) is 8.54. The fourth-order valence-electron chi connectivity index (χ4n) is 3.01. The zero-order valence-electron chi connectivity index (χ0n) is 16.9. The van der Waals surface area contributed by atoms with Crippen LogP contribution in [0.15, 0.2) is 71.7 Å². The van der Waals surface area contributed by atoms with Crippen molar-refractivity contribution in [3.8, 4) is 27.7 Å². The van der Waals surface area contributed by atoms with Gasteiger partial charge in [-0.3, -0.25) is 4.57 Å². The fraction of sp³-hybridized carbons (Fsp3) is 0.174. The van der Waals surface area contributed by atoms with E-state index in [2.05, 4.69) is 57.9 Å². The molecule has 0 aliphatic carbocycles. The number of hydrogen-bond acceptors (Lipinski definition) is 6. The Balaban J connectivity index is 1.53. The SMILES string of the molecule is C=CCn1c(SCc2csc(-c3ccc(C)cc3)n2)nnc1-c1cccc(OC)c1. The van der Waals surface area contributed by atoms with Gasteiger partial charge in [-0.1, -0.05) is 59.8 Å². The predicted octanol–water partition coefficient (Wildman–Crippen LogP) is 5.86. The average molecular weight is 435 g/mol. The Morgan fingerprint density at radius 1 is 1.13 bits per heavy atom. The van der Waals surface area contributed by atoms with E-state index >= 15 is 0 Å². The molecule has 0 radical (unpaired) electrons. The third kappa shape index (κ3) is 4.47. The van der Waals surface area contributed by atoms with Crippen molar-refractivity contribution in [3.05, 3.63) is 77.8 Å². The number of nitrogens with zero attached hydrogens (tertiary/aromatic N) is 4. The van der Waals surface area contributed by atoms with Gasteiger partial charge in [0.05, 0.1) is 12.8 Å². The second kappa shape index (κ2) is 9.28. The van der Waals surface area contributed by atoms with Crippen LogP contribution in [-0.2, 0) is 12.3 Å². The van der Waals surface area contributed by atoms with Crippen molar-refractivity contribution in [3.63, 3.8) is 0 Å². The molecule has 30 heavy (non-hydrogen) atoms. The Labute approximate surface area is 184 Å². The summed E-state index contributed by atoms with van der Waals surface area (Å²) in [6.45, 7) is 6.61. The molecule has 0 amide bonds. The quantitative estimate of drug-likeness (QED) is 0.257. The smallest absolute Gasteiger partial charge is 0.192 e. The number of aromatic nitrogens is 4. The number of methoxy groups -OCH3 is 1. The number of thiazole rings is 1. The number of rotatable bonds is 8. The number of hydrogen-bond donors (Lipinski definition) is 0. The van der Waals surface area contributed by atoms with Crippen molar-refractivity contribution in [1.82, 2.24) is 19.7 Å². The van der Waals surface area contributed by atoms with E-state index in [0.29, 0.717) is 6.54 Å². The topological polar surface area (TPSA) is 52.8 Å². The molecule has 0 aliphatic rings. The Bertz CT molecular complexity index is 1150. The van der Waals surface area contributed by atoms with Gasteiger partial charge in [0.15, 0.2) is 11.0 Å². The maximum atomic E-state index is 5.34. The summed E-state index contributed by atoms with van der Waals surface area (Å²) in [7, 11) is 1.66. The Morgan fingerprint density at radius 3 is 2.73 bits per heavy atom. The maximum Gasteiger partial charge on any atom is 0.192 e. The van der Waals surface area contributed by atoms with Crippen LogP contribution < -0.4 is 4.74 Å². The molecule has 0 aliphatic heterocycles. The monoisotopic (exact) mass is 434 g/mol. The first kappa shape index (κ1) is 20.4. The molecule has 0 spiro atoms. The van der Waals surface area contributed by atoms with Crippen LogP contribution in [0.3, 0.4) is 0 Å². The first-order valence-corrected chi connectivity index (χ1v) is 11.4. The molecular formula is C23H22N4OS2. The molecule has 0 unspecified atom stereocenters. The zero-order chi connectivity index (χ0) is 20.9. The van der Waals surface area contributed by atoms with Gasteiger partial charge in [-0.05, 0) is 19.1 Å². The average Bonchev–Trinajstić information content (AvgIpc) is 3.40. The molecular weight excluding hydrogens is 412 g/mol. The minimum atomic E-state index is 0.632. The molecule has 0 saturated carbocycles. The lowest BCUT2D eigenvalue weighted by Gasteiger charge is -2.08. The van der Waals surface area contributed by atoms with Crippen molar-refractivity contribution in [2.75, 3.05) is 7.11 Å². The van der Waals surface area contributed by atoms with Crippen molar-refractivity contribution in [2.24, 2.45) is 0 Å². The molecule has 0 atom stereocenters. The molecule has 2 heterocycles. The molecule has 2 aromatic heterocycles. The van der Waals surface area contributed by atoms with Gasteiger partial charge in [0, 0.05) is 28.8 Å². The van der Waals surface area contributed by atoms with Gasteiger partial charge < -0.3 is 4.74 Å². The van der Waals surface area contributed by atoms with E-state index in [9.17, 15) is 0 Å². The van der Waals surface area contributed by atoms with Gasteiger partial charge >= 0.3 is 0 Å². The van der Waals surface area contributed by atoms with E-state index in [1.54, 1.807) is 30.2 Å². The lowest BCUT2D eigenvalue weighted by Crippen LogP contribution is -2.01. The third-order valence-electron chi connectivity index (χ3n) is 4.56. The molecule has 5 nitrogen and oxygen atoms in total. The highest BCUT2D eigenvalue weighted by Crippen LogP contribution is 2.30. The highest BCUT2D eigenvalue weighted by molar-refractivity contribution is 7.98. The highest BCUT2D eigenvalue weighted by atomic mass is 32.2. The van der Waals surface area contributed by atoms with Gasteiger partial charge in [-0.2, -0.15) is 0 Å². The van der Waals surface area contributed by atoms with Gasteiger partial charge in [0.1, 0.15) is 10.8 Å². The zero-order valence-corrected chi connectivity index (χ0v) is 18.5. The van der Waals surface area contributed by atoms with Gasteiger partial charge in [0.2, 0.25) is 0 Å². The fourth-order valence-corrected chi connectivity index (χ4v) is 4.78. The van der Waals surface area contributed by atoms with Gasteiger partial charge in [-0.25, -0.2) is 4.98 Å². The number of benzene rings is 2. The van der Waals surface area contributed by atoms with Crippen LogP contribution in [0.2, 0.25) is 0 Å². The van der Waals surface area contributed by atoms with E-state index in [1.165, 1.54) is 5.56 Å². The first-order chi connectivity index (χ1) is 14.7. The second-order valence-electron chi connectivity index (χ2n) is 6.74. The van der Waals surface area contributed by atoms with Crippen molar-refractivity contribution < 1.29 is 4.74 Å². The summed E-state index contributed by atoms with van der Waals surface area (Å²) in [4.78, 5) is 4.79. The molecule has 4 rings (SSSR count). The van der Waals surface area contributed by atoms with Crippen LogP contribution in [0.5, 0.6) is 5.75 Å².